The van der Waals surface area contributed by atoms with Crippen molar-refractivity contribution in [3.63, 3.8) is 0 Å². The van der Waals surface area contributed by atoms with Gasteiger partial charge >= 0.3 is 6.09 Å². The normalized spacial score (nSPS) is 11.9. The molecule has 0 atom stereocenters. The van der Waals surface area contributed by atoms with Gasteiger partial charge in [0.15, 0.2) is 0 Å². The monoisotopic (exact) mass is 407 g/mol. The van der Waals surface area contributed by atoms with Crippen LogP contribution in [0.15, 0.2) is 60.7 Å². The zero-order valence-electron chi connectivity index (χ0n) is 15.1. The quantitative estimate of drug-likeness (QED) is 0.446. The first-order valence-corrected chi connectivity index (χ1v) is 10.2. The predicted molar refractivity (Wildman–Crippen MR) is 114 cm³/mol. The van der Waals surface area contributed by atoms with Gasteiger partial charge in [-0.15, -0.1) is 11.3 Å². The average molecular weight is 408 g/mol. The largest absolute Gasteiger partial charge is 0.449 e. The summed E-state index contributed by atoms with van der Waals surface area (Å²) >= 11 is 7.31. The summed E-state index contributed by atoms with van der Waals surface area (Å²) in [5.41, 5.74) is 4.85. The van der Waals surface area contributed by atoms with Gasteiger partial charge in [0.05, 0.1) is 9.21 Å². The van der Waals surface area contributed by atoms with Crippen molar-refractivity contribution in [3.05, 3.63) is 81.0 Å². The number of benzene rings is 2. The number of hydrogen-bond acceptors (Lipinski definition) is 3. The highest BCUT2D eigenvalue weighted by molar-refractivity contribution is 7.16. The van der Waals surface area contributed by atoms with Gasteiger partial charge in [-0.25, -0.2) is 4.79 Å². The number of fused-ring (bicyclic) bond motifs is 3. The molecular weight excluding hydrogens is 390 g/mol. The molecular formula is C23H18ClNO2S. The number of carbonyl (C=O) groups is 1. The van der Waals surface area contributed by atoms with Gasteiger partial charge in [0.25, 0.3) is 0 Å². The van der Waals surface area contributed by atoms with Crippen LogP contribution >= 0.6 is 22.9 Å². The number of hydrogen-bond donors (Lipinski definition) is 1. The minimum Gasteiger partial charge on any atom is -0.449 e. The maximum Gasteiger partial charge on any atom is 0.407 e. The molecule has 5 heteroatoms. The van der Waals surface area contributed by atoms with Crippen LogP contribution in [0, 0.1) is 11.8 Å². The maximum absolute atomic E-state index is 12.1. The molecule has 0 spiro atoms. The minimum atomic E-state index is -0.414. The van der Waals surface area contributed by atoms with Crippen molar-refractivity contribution >= 4 is 29.0 Å². The maximum atomic E-state index is 12.1. The van der Waals surface area contributed by atoms with Crippen LogP contribution in [0.1, 0.15) is 28.3 Å². The van der Waals surface area contributed by atoms with Crippen molar-refractivity contribution in [2.24, 2.45) is 0 Å². The van der Waals surface area contributed by atoms with Crippen molar-refractivity contribution in [1.29, 1.82) is 0 Å². The summed E-state index contributed by atoms with van der Waals surface area (Å²) in [7, 11) is 0. The fourth-order valence-electron chi connectivity index (χ4n) is 3.41. The summed E-state index contributed by atoms with van der Waals surface area (Å²) < 4.78 is 6.22. The van der Waals surface area contributed by atoms with Gasteiger partial charge in [0.2, 0.25) is 0 Å². The number of thiophene rings is 1. The number of alkyl carbamates (subject to hydrolysis) is 1. The van der Waals surface area contributed by atoms with Crippen molar-refractivity contribution < 1.29 is 9.53 Å². The zero-order valence-corrected chi connectivity index (χ0v) is 16.6. The highest BCUT2D eigenvalue weighted by Gasteiger charge is 2.28. The lowest BCUT2D eigenvalue weighted by Crippen LogP contribution is -2.26. The zero-order chi connectivity index (χ0) is 19.3. The third kappa shape index (κ3) is 4.06. The third-order valence-corrected chi connectivity index (χ3v) is 5.79. The number of halogens is 1. The summed E-state index contributed by atoms with van der Waals surface area (Å²) in [5, 5.41) is 2.76. The molecule has 3 aromatic rings. The molecule has 0 fully saturated rings. The van der Waals surface area contributed by atoms with Crippen LogP contribution < -0.4 is 5.32 Å². The minimum absolute atomic E-state index is 0.0709. The van der Waals surface area contributed by atoms with Gasteiger partial charge < -0.3 is 10.1 Å². The number of carbonyl (C=O) groups excluding carboxylic acids is 1. The Kier molecular flexibility index (Phi) is 5.66. The summed E-state index contributed by atoms with van der Waals surface area (Å²) in [4.78, 5) is 13.0. The highest BCUT2D eigenvalue weighted by Crippen LogP contribution is 2.44. The van der Waals surface area contributed by atoms with Crippen LogP contribution in [0.5, 0.6) is 0 Å². The van der Waals surface area contributed by atoms with Crippen LogP contribution in [0.2, 0.25) is 4.34 Å². The molecule has 0 aliphatic heterocycles. The number of rotatable bonds is 4. The molecule has 1 aliphatic rings. The topological polar surface area (TPSA) is 38.3 Å². The van der Waals surface area contributed by atoms with E-state index >= 15 is 0 Å². The van der Waals surface area contributed by atoms with Gasteiger partial charge in [-0.05, 0) is 34.4 Å². The molecule has 1 amide bonds. The lowest BCUT2D eigenvalue weighted by Gasteiger charge is -2.14. The summed E-state index contributed by atoms with van der Waals surface area (Å²) in [5.74, 6) is 6.13. The molecule has 1 aromatic heterocycles. The Bertz CT molecular complexity index is 1020. The van der Waals surface area contributed by atoms with Crippen LogP contribution in [0.3, 0.4) is 0 Å². The summed E-state index contributed by atoms with van der Waals surface area (Å²) in [6.07, 6.45) is 0.141. The van der Waals surface area contributed by atoms with Gasteiger partial charge in [0.1, 0.15) is 6.61 Å². The molecule has 0 unspecified atom stereocenters. The van der Waals surface area contributed by atoms with E-state index in [0.717, 1.165) is 9.21 Å². The van der Waals surface area contributed by atoms with E-state index in [4.69, 9.17) is 16.3 Å². The van der Waals surface area contributed by atoms with Crippen LogP contribution in [0.4, 0.5) is 4.79 Å². The SMILES string of the molecule is O=C(NCCC#Cc1ccc(Cl)s1)OCC1c2ccccc2-c2ccccc21. The van der Waals surface area contributed by atoms with E-state index in [1.54, 1.807) is 0 Å². The fraction of sp³-hybridized carbons (Fsp3) is 0.174. The number of amides is 1. The Morgan fingerprint density at radius 2 is 1.71 bits per heavy atom. The predicted octanol–water partition coefficient (Wildman–Crippen LogP) is 5.68. The average Bonchev–Trinajstić information content (AvgIpc) is 3.27. The summed E-state index contributed by atoms with van der Waals surface area (Å²) in [6.45, 7) is 0.766. The molecule has 0 saturated heterocycles. The summed E-state index contributed by atoms with van der Waals surface area (Å²) in [6, 6.07) is 20.3. The van der Waals surface area contributed by atoms with Gasteiger partial charge in [0, 0.05) is 18.9 Å². The second-order valence-electron chi connectivity index (χ2n) is 6.41. The molecule has 4 rings (SSSR count). The molecule has 140 valence electrons. The van der Waals surface area contributed by atoms with Gasteiger partial charge in [-0.2, -0.15) is 0 Å². The Hall–Kier alpha value is -2.74. The smallest absolute Gasteiger partial charge is 0.407 e. The first-order valence-electron chi connectivity index (χ1n) is 9.05. The lowest BCUT2D eigenvalue weighted by atomic mass is 9.98. The van der Waals surface area contributed by atoms with Crippen molar-refractivity contribution in [2.45, 2.75) is 12.3 Å². The second-order valence-corrected chi connectivity index (χ2v) is 8.12. The molecule has 1 aliphatic carbocycles. The van der Waals surface area contributed by atoms with E-state index < -0.39 is 6.09 Å². The molecule has 1 N–H and O–H groups in total. The Morgan fingerprint density at radius 3 is 2.36 bits per heavy atom. The van der Waals surface area contributed by atoms with E-state index in [0.29, 0.717) is 19.6 Å². The molecule has 0 saturated carbocycles. The van der Waals surface area contributed by atoms with E-state index in [9.17, 15) is 4.79 Å². The van der Waals surface area contributed by atoms with Crippen LogP contribution in [0.25, 0.3) is 11.1 Å². The molecule has 0 radical (unpaired) electrons. The third-order valence-electron chi connectivity index (χ3n) is 4.65. The molecule has 28 heavy (non-hydrogen) atoms. The molecule has 3 nitrogen and oxygen atoms in total. The van der Waals surface area contributed by atoms with Crippen LogP contribution in [-0.4, -0.2) is 19.2 Å². The van der Waals surface area contributed by atoms with E-state index in [2.05, 4.69) is 41.4 Å². The van der Waals surface area contributed by atoms with Crippen LogP contribution in [-0.2, 0) is 4.74 Å². The van der Waals surface area contributed by atoms with E-state index in [1.807, 2.05) is 36.4 Å². The van der Waals surface area contributed by atoms with Gasteiger partial charge in [-0.3, -0.25) is 0 Å². The molecule has 2 aromatic carbocycles. The number of nitrogens with one attached hydrogen (secondary N) is 1. The Balaban J connectivity index is 1.30. The Labute approximate surface area is 173 Å². The van der Waals surface area contributed by atoms with Crippen molar-refractivity contribution in [3.8, 4) is 23.0 Å². The lowest BCUT2D eigenvalue weighted by molar-refractivity contribution is 0.143. The molecule has 0 bridgehead atoms. The fourth-order valence-corrected chi connectivity index (χ4v) is 4.33. The highest BCUT2D eigenvalue weighted by atomic mass is 35.5. The first kappa shape index (κ1) is 18.6. The standard InChI is InChI=1S/C23H18ClNO2S/c24-22-13-12-16(28-22)7-5-6-14-25-23(26)27-15-21-19-10-3-1-8-17(19)18-9-2-4-11-20(18)21/h1-4,8-13,21H,6,14-15H2,(H,25,26). The van der Waals surface area contributed by atoms with Crippen molar-refractivity contribution in [1.82, 2.24) is 5.32 Å². The Morgan fingerprint density at radius 1 is 1.04 bits per heavy atom. The molecule has 1 heterocycles. The number of ether oxygens (including phenoxy) is 1. The second kappa shape index (κ2) is 8.52. The van der Waals surface area contributed by atoms with Crippen molar-refractivity contribution in [2.75, 3.05) is 13.2 Å². The van der Waals surface area contributed by atoms with E-state index in [1.165, 1.54) is 33.6 Å². The van der Waals surface area contributed by atoms with Gasteiger partial charge in [-0.1, -0.05) is 72.0 Å². The first-order chi connectivity index (χ1) is 13.7. The van der Waals surface area contributed by atoms with E-state index in [-0.39, 0.29) is 5.92 Å².